The summed E-state index contributed by atoms with van der Waals surface area (Å²) in [7, 11) is -4.06. The van der Waals surface area contributed by atoms with Crippen LogP contribution in [0.15, 0.2) is 54.1 Å². The number of nitrogens with zero attached hydrogens (tertiary/aromatic N) is 5. The van der Waals surface area contributed by atoms with Crippen molar-refractivity contribution in [2.45, 2.75) is 23.8 Å². The highest BCUT2D eigenvalue weighted by Gasteiger charge is 2.35. The molecule has 32 heavy (non-hydrogen) atoms. The maximum Gasteiger partial charge on any atom is 0.259 e. The van der Waals surface area contributed by atoms with Gasteiger partial charge in [0.25, 0.3) is 21.9 Å². The van der Waals surface area contributed by atoms with Gasteiger partial charge in [-0.15, -0.1) is 0 Å². The smallest absolute Gasteiger partial charge is 0.259 e. The number of primary sulfonamides is 1. The minimum Gasteiger partial charge on any atom is -0.356 e. The van der Waals surface area contributed by atoms with E-state index in [1.807, 2.05) is 0 Å². The number of nitrogens with two attached hydrogens (primary N) is 1. The van der Waals surface area contributed by atoms with Crippen molar-refractivity contribution in [1.82, 2.24) is 19.7 Å². The summed E-state index contributed by atoms with van der Waals surface area (Å²) in [6.07, 6.45) is 5.23. The number of pyridine rings is 2. The number of carbonyl (C=O) groups excluding carboxylic acids is 1. The molecule has 10 nitrogen and oxygen atoms in total. The number of piperidine rings is 1. The molecule has 3 aromatic rings. The second-order valence-corrected chi connectivity index (χ2v) is 8.75. The minimum atomic E-state index is -4.06. The molecular formula is C19H19F2N7O3S. The molecule has 1 fully saturated rings. The Morgan fingerprint density at radius 2 is 1.91 bits per heavy atom. The molecule has 0 aliphatic carbocycles. The van der Waals surface area contributed by atoms with Crippen molar-refractivity contribution in [2.75, 3.05) is 23.3 Å². The van der Waals surface area contributed by atoms with E-state index in [0.29, 0.717) is 5.69 Å². The number of aromatic nitrogens is 4. The first-order valence-electron chi connectivity index (χ1n) is 9.55. The van der Waals surface area contributed by atoms with Gasteiger partial charge in [-0.2, -0.15) is 5.10 Å². The Morgan fingerprint density at radius 3 is 2.56 bits per heavy atom. The highest BCUT2D eigenvalue weighted by Crippen LogP contribution is 2.32. The van der Waals surface area contributed by atoms with Crippen LogP contribution in [-0.2, 0) is 10.0 Å². The van der Waals surface area contributed by atoms with Crippen LogP contribution in [0.1, 0.15) is 23.2 Å². The van der Waals surface area contributed by atoms with Crippen LogP contribution < -0.4 is 15.4 Å². The van der Waals surface area contributed by atoms with E-state index in [2.05, 4.69) is 20.4 Å². The summed E-state index contributed by atoms with van der Waals surface area (Å²) in [5, 5.41) is 11.4. The molecule has 1 amide bonds. The summed E-state index contributed by atoms with van der Waals surface area (Å²) >= 11 is 0. The molecule has 168 valence electrons. The third-order valence-electron chi connectivity index (χ3n) is 4.94. The molecule has 3 N–H and O–H groups in total. The summed E-state index contributed by atoms with van der Waals surface area (Å²) < 4.78 is 51.8. The van der Waals surface area contributed by atoms with Gasteiger partial charge in [-0.05, 0) is 18.2 Å². The molecule has 13 heteroatoms. The highest BCUT2D eigenvalue weighted by molar-refractivity contribution is 7.89. The zero-order chi connectivity index (χ0) is 22.9. The minimum absolute atomic E-state index is 0.0339. The maximum atomic E-state index is 13.6. The van der Waals surface area contributed by atoms with Crippen LogP contribution in [-0.4, -0.2) is 53.1 Å². The third kappa shape index (κ3) is 4.73. The molecule has 4 heterocycles. The zero-order valence-corrected chi connectivity index (χ0v) is 17.5. The fourth-order valence-electron chi connectivity index (χ4n) is 3.30. The van der Waals surface area contributed by atoms with Crippen molar-refractivity contribution in [3.8, 4) is 5.69 Å². The quantitative estimate of drug-likeness (QED) is 0.589. The van der Waals surface area contributed by atoms with E-state index >= 15 is 0 Å². The Bertz CT molecular complexity index is 1240. The summed E-state index contributed by atoms with van der Waals surface area (Å²) in [6, 6.07) is 5.77. The molecular weight excluding hydrogens is 444 g/mol. The lowest BCUT2D eigenvalue weighted by atomic mass is 10.1. The molecule has 0 unspecified atom stereocenters. The molecule has 0 radical (unpaired) electrons. The lowest BCUT2D eigenvalue weighted by molar-refractivity contribution is -0.0221. The lowest BCUT2D eigenvalue weighted by Gasteiger charge is -2.33. The van der Waals surface area contributed by atoms with Crippen molar-refractivity contribution in [3.05, 3.63) is 54.6 Å². The third-order valence-corrected chi connectivity index (χ3v) is 5.75. The molecule has 0 spiro atoms. The average molecular weight is 463 g/mol. The Balaban J connectivity index is 1.68. The molecule has 0 atom stereocenters. The number of sulfonamides is 1. The first-order valence-corrected chi connectivity index (χ1v) is 11.1. The number of anilines is 2. The van der Waals surface area contributed by atoms with Crippen LogP contribution in [0.3, 0.4) is 0 Å². The number of hydrogen-bond donors (Lipinski definition) is 2. The van der Waals surface area contributed by atoms with E-state index in [1.54, 1.807) is 29.4 Å². The van der Waals surface area contributed by atoms with E-state index in [1.165, 1.54) is 23.1 Å². The van der Waals surface area contributed by atoms with Crippen LogP contribution in [0.4, 0.5) is 20.3 Å². The standard InChI is InChI=1S/C19H19F2N7O3S/c20-19(21)3-8-27(9-4-19)17-15(11-14(12-24-17)28-7-1-5-25-28)18(29)26-13-2-6-23-16(10-13)32(22,30)31/h1-2,5-7,10-12H,3-4,8-9H2,(H2,22,30,31)(H,23,26,29). The SMILES string of the molecule is NS(=O)(=O)c1cc(NC(=O)c2cc(-n3cccn3)cnc2N2CCC(F)(F)CC2)ccn1. The van der Waals surface area contributed by atoms with Gasteiger partial charge in [-0.1, -0.05) is 0 Å². The molecule has 1 aliphatic heterocycles. The molecule has 0 aromatic carbocycles. The molecule has 3 aromatic heterocycles. The number of nitrogens with one attached hydrogen (secondary N) is 1. The number of carbonyl (C=O) groups is 1. The summed E-state index contributed by atoms with van der Waals surface area (Å²) in [5.74, 6) is -3.12. The van der Waals surface area contributed by atoms with Crippen LogP contribution in [0.25, 0.3) is 5.69 Å². The normalized spacial score (nSPS) is 16.0. The van der Waals surface area contributed by atoms with E-state index in [9.17, 15) is 22.0 Å². The van der Waals surface area contributed by atoms with Crippen LogP contribution in [0.2, 0.25) is 0 Å². The number of hydrogen-bond acceptors (Lipinski definition) is 7. The van der Waals surface area contributed by atoms with Crippen LogP contribution in [0.5, 0.6) is 0 Å². The first kappa shape index (κ1) is 21.8. The zero-order valence-electron chi connectivity index (χ0n) is 16.6. The monoisotopic (exact) mass is 463 g/mol. The number of amides is 1. The molecule has 1 saturated heterocycles. The van der Waals surface area contributed by atoms with Gasteiger partial charge in [0.2, 0.25) is 0 Å². The number of halogens is 2. The van der Waals surface area contributed by atoms with Gasteiger partial charge >= 0.3 is 0 Å². The van der Waals surface area contributed by atoms with Crippen molar-refractivity contribution in [1.29, 1.82) is 0 Å². The van der Waals surface area contributed by atoms with E-state index in [-0.39, 0.29) is 43.0 Å². The largest absolute Gasteiger partial charge is 0.356 e. The summed E-state index contributed by atoms with van der Waals surface area (Å²) in [5.41, 5.74) is 0.762. The lowest BCUT2D eigenvalue weighted by Crippen LogP contribution is -2.40. The fourth-order valence-corrected chi connectivity index (χ4v) is 3.80. The van der Waals surface area contributed by atoms with Crippen LogP contribution >= 0.6 is 0 Å². The van der Waals surface area contributed by atoms with Gasteiger partial charge < -0.3 is 10.2 Å². The fraction of sp³-hybridized carbons (Fsp3) is 0.263. The van der Waals surface area contributed by atoms with Crippen molar-refractivity contribution < 1.29 is 22.0 Å². The average Bonchev–Trinajstić information content (AvgIpc) is 3.28. The maximum absolute atomic E-state index is 13.6. The van der Waals surface area contributed by atoms with Crippen molar-refractivity contribution in [2.24, 2.45) is 5.14 Å². The predicted octanol–water partition coefficient (Wildman–Crippen LogP) is 1.80. The Labute approximate surface area is 182 Å². The van der Waals surface area contributed by atoms with Gasteiger partial charge in [0, 0.05) is 56.3 Å². The molecule has 0 bridgehead atoms. The van der Waals surface area contributed by atoms with Crippen molar-refractivity contribution >= 4 is 27.4 Å². The Hall–Kier alpha value is -3.45. The number of alkyl halides is 2. The number of rotatable bonds is 5. The summed E-state index contributed by atoms with van der Waals surface area (Å²) in [4.78, 5) is 22.8. The topological polar surface area (TPSA) is 136 Å². The van der Waals surface area contributed by atoms with E-state index in [0.717, 1.165) is 6.07 Å². The predicted molar refractivity (Wildman–Crippen MR) is 111 cm³/mol. The van der Waals surface area contributed by atoms with E-state index in [4.69, 9.17) is 5.14 Å². The Morgan fingerprint density at radius 1 is 1.16 bits per heavy atom. The van der Waals surface area contributed by atoms with Crippen LogP contribution in [0, 0.1) is 0 Å². The first-order chi connectivity index (χ1) is 15.1. The van der Waals surface area contributed by atoms with Gasteiger partial charge in [-0.25, -0.2) is 37.0 Å². The van der Waals surface area contributed by atoms with Gasteiger partial charge in [0.15, 0.2) is 5.03 Å². The second-order valence-electron chi connectivity index (χ2n) is 7.24. The molecule has 1 aliphatic rings. The van der Waals surface area contributed by atoms with Gasteiger partial charge in [0.05, 0.1) is 17.4 Å². The van der Waals surface area contributed by atoms with Gasteiger partial charge in [-0.3, -0.25) is 4.79 Å². The van der Waals surface area contributed by atoms with Crippen molar-refractivity contribution in [3.63, 3.8) is 0 Å². The van der Waals surface area contributed by atoms with Gasteiger partial charge in [0.1, 0.15) is 5.82 Å². The Kier molecular flexibility index (Phi) is 5.60. The summed E-state index contributed by atoms with van der Waals surface area (Å²) in [6.45, 7) is 0.0679. The molecule has 4 rings (SSSR count). The molecule has 0 saturated carbocycles. The van der Waals surface area contributed by atoms with E-state index < -0.39 is 26.9 Å². The highest BCUT2D eigenvalue weighted by atomic mass is 32.2. The second kappa shape index (κ2) is 8.24.